The van der Waals surface area contributed by atoms with Gasteiger partial charge in [-0.15, -0.1) is 0 Å². The molecule has 4 atom stereocenters. The zero-order valence-corrected chi connectivity index (χ0v) is 16.0. The van der Waals surface area contributed by atoms with Crippen molar-refractivity contribution in [2.24, 2.45) is 5.92 Å². The molecule has 0 radical (unpaired) electrons. The predicted octanol–water partition coefficient (Wildman–Crippen LogP) is 1.50. The maximum Gasteiger partial charge on any atom is 0.405 e. The largest absolute Gasteiger partial charge is 0.465 e. The van der Waals surface area contributed by atoms with Crippen LogP contribution in [-0.2, 0) is 4.79 Å². The first-order valence-electron chi connectivity index (χ1n) is 9.26. The Labute approximate surface area is 150 Å². The molecule has 1 aliphatic heterocycles. The molecule has 1 saturated carbocycles. The van der Waals surface area contributed by atoms with Gasteiger partial charge in [-0.2, -0.15) is 0 Å². The summed E-state index contributed by atoms with van der Waals surface area (Å²) in [5.41, 5.74) is -0.889. The molecule has 0 unspecified atom stereocenters. The van der Waals surface area contributed by atoms with Gasteiger partial charge in [0.2, 0.25) is 5.91 Å². The summed E-state index contributed by atoms with van der Waals surface area (Å²) in [6, 6.07) is 0.126. The second-order valence-electron chi connectivity index (χ2n) is 8.38. The van der Waals surface area contributed by atoms with Crippen molar-refractivity contribution in [3.63, 3.8) is 0 Å². The molecule has 0 bridgehead atoms. The van der Waals surface area contributed by atoms with E-state index in [1.165, 1.54) is 0 Å². The van der Waals surface area contributed by atoms with Gasteiger partial charge < -0.3 is 25.3 Å². The second kappa shape index (κ2) is 7.50. The Morgan fingerprint density at radius 3 is 2.48 bits per heavy atom. The van der Waals surface area contributed by atoms with E-state index in [1.54, 1.807) is 4.90 Å². The molecular formula is C18H33N3O4. The number of likely N-dealkylation sites (tertiary alicyclic amines) is 1. The highest BCUT2D eigenvalue weighted by Crippen LogP contribution is 2.39. The fourth-order valence-corrected chi connectivity index (χ4v) is 4.37. The summed E-state index contributed by atoms with van der Waals surface area (Å²) in [6.45, 7) is 8.51. The van der Waals surface area contributed by atoms with E-state index in [0.29, 0.717) is 25.0 Å². The van der Waals surface area contributed by atoms with E-state index in [4.69, 9.17) is 5.11 Å². The van der Waals surface area contributed by atoms with E-state index in [0.717, 1.165) is 19.3 Å². The lowest BCUT2D eigenvalue weighted by atomic mass is 9.72. The van der Waals surface area contributed by atoms with Gasteiger partial charge in [-0.3, -0.25) is 4.79 Å². The average molecular weight is 355 g/mol. The van der Waals surface area contributed by atoms with Crippen LogP contribution in [0.25, 0.3) is 0 Å². The van der Waals surface area contributed by atoms with Gasteiger partial charge in [0, 0.05) is 30.6 Å². The number of carboxylic acid groups (broad SMARTS) is 1. The summed E-state index contributed by atoms with van der Waals surface area (Å²) < 4.78 is 0. The average Bonchev–Trinajstić information content (AvgIpc) is 2.85. The van der Waals surface area contributed by atoms with Crippen LogP contribution >= 0.6 is 0 Å². The SMILES string of the molecule is CC(C)N(C)[C@@H]1CC[C@H](N2CC[C@H](NC(=O)O)C2=O)[C@H](C(C)(C)O)C1. The number of amides is 2. The smallest absolute Gasteiger partial charge is 0.405 e. The first-order valence-corrected chi connectivity index (χ1v) is 9.26. The van der Waals surface area contributed by atoms with E-state index in [2.05, 4.69) is 31.1 Å². The number of hydrogen-bond donors (Lipinski definition) is 3. The number of aliphatic hydroxyl groups is 1. The van der Waals surface area contributed by atoms with Gasteiger partial charge in [0.05, 0.1) is 5.60 Å². The molecule has 2 fully saturated rings. The topological polar surface area (TPSA) is 93.1 Å². The molecular weight excluding hydrogens is 322 g/mol. The lowest BCUT2D eigenvalue weighted by Gasteiger charge is -2.48. The fourth-order valence-electron chi connectivity index (χ4n) is 4.37. The van der Waals surface area contributed by atoms with Gasteiger partial charge in [0.1, 0.15) is 6.04 Å². The van der Waals surface area contributed by atoms with Crippen molar-refractivity contribution in [1.82, 2.24) is 15.1 Å². The van der Waals surface area contributed by atoms with Gasteiger partial charge in [-0.05, 0) is 60.4 Å². The Kier molecular flexibility index (Phi) is 5.99. The zero-order valence-electron chi connectivity index (χ0n) is 16.0. The Hall–Kier alpha value is -1.34. The third-order valence-corrected chi connectivity index (χ3v) is 6.02. The molecule has 0 aromatic rings. The number of nitrogens with zero attached hydrogens (tertiary/aromatic N) is 2. The van der Waals surface area contributed by atoms with Crippen LogP contribution in [-0.4, -0.2) is 75.4 Å². The zero-order chi connectivity index (χ0) is 18.9. The van der Waals surface area contributed by atoms with Crippen LogP contribution in [0.3, 0.4) is 0 Å². The van der Waals surface area contributed by atoms with Crippen molar-refractivity contribution in [2.75, 3.05) is 13.6 Å². The fraction of sp³-hybridized carbons (Fsp3) is 0.889. The molecule has 1 saturated heterocycles. The van der Waals surface area contributed by atoms with Gasteiger partial charge >= 0.3 is 6.09 Å². The van der Waals surface area contributed by atoms with Gasteiger partial charge in [-0.1, -0.05) is 0 Å². The summed E-state index contributed by atoms with van der Waals surface area (Å²) in [7, 11) is 2.12. The normalized spacial score (nSPS) is 31.0. The molecule has 1 heterocycles. The van der Waals surface area contributed by atoms with E-state index in [9.17, 15) is 14.7 Å². The monoisotopic (exact) mass is 355 g/mol. The third kappa shape index (κ3) is 4.44. The minimum atomic E-state index is -1.17. The van der Waals surface area contributed by atoms with Crippen LogP contribution in [0.2, 0.25) is 0 Å². The van der Waals surface area contributed by atoms with Crippen LogP contribution in [0.5, 0.6) is 0 Å². The minimum absolute atomic E-state index is 0.0278. The Morgan fingerprint density at radius 1 is 1.32 bits per heavy atom. The van der Waals surface area contributed by atoms with Gasteiger partial charge in [-0.25, -0.2) is 4.79 Å². The Bertz CT molecular complexity index is 503. The van der Waals surface area contributed by atoms with Crippen molar-refractivity contribution in [3.05, 3.63) is 0 Å². The molecule has 7 heteroatoms. The number of carbonyl (C=O) groups is 2. The molecule has 7 nitrogen and oxygen atoms in total. The number of hydrogen-bond acceptors (Lipinski definition) is 4. The lowest BCUT2D eigenvalue weighted by Crippen LogP contribution is -2.56. The first kappa shape index (κ1) is 20.0. The summed E-state index contributed by atoms with van der Waals surface area (Å²) in [4.78, 5) is 27.6. The van der Waals surface area contributed by atoms with Crippen molar-refractivity contribution < 1.29 is 19.8 Å². The van der Waals surface area contributed by atoms with Crippen molar-refractivity contribution in [2.45, 2.75) is 83.1 Å². The third-order valence-electron chi connectivity index (χ3n) is 6.02. The van der Waals surface area contributed by atoms with Crippen molar-refractivity contribution in [3.8, 4) is 0 Å². The minimum Gasteiger partial charge on any atom is -0.465 e. The van der Waals surface area contributed by atoms with Crippen LogP contribution in [0, 0.1) is 5.92 Å². The Morgan fingerprint density at radius 2 is 1.96 bits per heavy atom. The second-order valence-corrected chi connectivity index (χ2v) is 8.38. The molecule has 2 amide bonds. The molecule has 2 aliphatic rings. The highest BCUT2D eigenvalue weighted by molar-refractivity contribution is 5.87. The van der Waals surface area contributed by atoms with Gasteiger partial charge in [0.15, 0.2) is 0 Å². The standard InChI is InChI=1S/C18H33N3O4/c1-11(2)20(5)12-6-7-15(13(10-12)18(3,4)25)21-9-8-14(16(21)22)19-17(23)24/h11-15,19,25H,6-10H2,1-5H3,(H,23,24)/t12-,13-,14+,15+/m1/s1. The Balaban J connectivity index is 2.14. The van der Waals surface area contributed by atoms with E-state index >= 15 is 0 Å². The van der Waals surface area contributed by atoms with Crippen molar-refractivity contribution >= 4 is 12.0 Å². The van der Waals surface area contributed by atoms with E-state index in [-0.39, 0.29) is 17.9 Å². The molecule has 0 aromatic carbocycles. The summed E-state index contributed by atoms with van der Waals surface area (Å²) in [5.74, 6) is -0.183. The van der Waals surface area contributed by atoms with Crippen LogP contribution < -0.4 is 5.32 Å². The van der Waals surface area contributed by atoms with Crippen LogP contribution in [0.1, 0.15) is 53.4 Å². The van der Waals surface area contributed by atoms with Crippen molar-refractivity contribution in [1.29, 1.82) is 0 Å². The summed E-state index contributed by atoms with van der Waals surface area (Å²) in [6.07, 6.45) is 1.98. The van der Waals surface area contributed by atoms with E-state index < -0.39 is 17.7 Å². The molecule has 0 aromatic heterocycles. The van der Waals surface area contributed by atoms with Gasteiger partial charge in [0.25, 0.3) is 0 Å². The number of rotatable bonds is 5. The van der Waals surface area contributed by atoms with Crippen LogP contribution in [0.15, 0.2) is 0 Å². The number of nitrogens with one attached hydrogen (secondary N) is 1. The quantitative estimate of drug-likeness (QED) is 0.695. The summed E-state index contributed by atoms with van der Waals surface area (Å²) in [5, 5.41) is 21.9. The molecule has 2 rings (SSSR count). The molecule has 25 heavy (non-hydrogen) atoms. The first-order chi connectivity index (χ1) is 11.5. The lowest BCUT2D eigenvalue weighted by molar-refractivity contribution is -0.137. The number of carbonyl (C=O) groups excluding carboxylic acids is 1. The molecule has 3 N–H and O–H groups in total. The van der Waals surface area contributed by atoms with Crippen LogP contribution in [0.4, 0.5) is 4.79 Å². The van der Waals surface area contributed by atoms with E-state index in [1.807, 2.05) is 13.8 Å². The predicted molar refractivity (Wildman–Crippen MR) is 95.4 cm³/mol. The molecule has 144 valence electrons. The maximum atomic E-state index is 12.6. The highest BCUT2D eigenvalue weighted by atomic mass is 16.4. The summed E-state index contributed by atoms with van der Waals surface area (Å²) >= 11 is 0. The molecule has 1 aliphatic carbocycles. The maximum absolute atomic E-state index is 12.6. The highest BCUT2D eigenvalue weighted by Gasteiger charge is 2.47. The molecule has 0 spiro atoms.